The van der Waals surface area contributed by atoms with Crippen molar-refractivity contribution in [2.24, 2.45) is 5.92 Å². The van der Waals surface area contributed by atoms with Crippen LogP contribution >= 0.6 is 0 Å². The molecule has 0 unspecified atom stereocenters. The molecule has 2 N–H and O–H groups in total. The van der Waals surface area contributed by atoms with Crippen molar-refractivity contribution in [3.8, 4) is 5.75 Å². The molecule has 2 nitrogen and oxygen atoms in total. The van der Waals surface area contributed by atoms with Crippen molar-refractivity contribution in [1.29, 1.82) is 0 Å². The van der Waals surface area contributed by atoms with Gasteiger partial charge in [-0.3, -0.25) is 0 Å². The van der Waals surface area contributed by atoms with Crippen LogP contribution in [0, 0.1) is 11.7 Å². The highest BCUT2D eigenvalue weighted by atomic mass is 19.1. The molecule has 0 aliphatic heterocycles. The van der Waals surface area contributed by atoms with Gasteiger partial charge in [0, 0.05) is 11.8 Å². The summed E-state index contributed by atoms with van der Waals surface area (Å²) in [5.41, 5.74) is 5.87. The van der Waals surface area contributed by atoms with Gasteiger partial charge in [0.25, 0.3) is 0 Å². The van der Waals surface area contributed by atoms with Crippen LogP contribution in [0.5, 0.6) is 5.75 Å². The third kappa shape index (κ3) is 2.61. The first-order valence-electron chi connectivity index (χ1n) is 5.43. The van der Waals surface area contributed by atoms with Crippen LogP contribution in [-0.2, 0) is 0 Å². The second kappa shape index (κ2) is 4.51. The molecule has 0 heterocycles. The van der Waals surface area contributed by atoms with Gasteiger partial charge >= 0.3 is 0 Å². The number of anilines is 1. The second-order valence-corrected chi connectivity index (χ2v) is 4.12. The highest BCUT2D eigenvalue weighted by molar-refractivity contribution is 5.42. The van der Waals surface area contributed by atoms with Crippen molar-refractivity contribution in [3.05, 3.63) is 24.0 Å². The summed E-state index contributed by atoms with van der Waals surface area (Å²) < 4.78 is 18.6. The Balaban J connectivity index is 1.81. The Morgan fingerprint density at radius 3 is 2.80 bits per heavy atom. The SMILES string of the molecule is Nc1ccc(OCCC2CCC2)c(F)c1. The Morgan fingerprint density at radius 2 is 2.20 bits per heavy atom. The van der Waals surface area contributed by atoms with Gasteiger partial charge in [-0.15, -0.1) is 0 Å². The summed E-state index contributed by atoms with van der Waals surface area (Å²) in [5.74, 6) is 0.731. The van der Waals surface area contributed by atoms with Crippen molar-refractivity contribution in [2.75, 3.05) is 12.3 Å². The molecule has 0 amide bonds. The fourth-order valence-corrected chi connectivity index (χ4v) is 1.75. The van der Waals surface area contributed by atoms with E-state index in [0.29, 0.717) is 18.0 Å². The first-order chi connectivity index (χ1) is 7.25. The van der Waals surface area contributed by atoms with E-state index in [-0.39, 0.29) is 5.82 Å². The molecule has 1 aromatic carbocycles. The zero-order valence-electron chi connectivity index (χ0n) is 8.71. The van der Waals surface area contributed by atoms with Crippen LogP contribution in [0.3, 0.4) is 0 Å². The Bertz CT molecular complexity index is 336. The van der Waals surface area contributed by atoms with E-state index in [1.54, 1.807) is 12.1 Å². The van der Waals surface area contributed by atoms with E-state index < -0.39 is 0 Å². The molecule has 1 fully saturated rings. The van der Waals surface area contributed by atoms with Gasteiger partial charge in [-0.25, -0.2) is 4.39 Å². The maximum absolute atomic E-state index is 13.3. The number of hydrogen-bond acceptors (Lipinski definition) is 2. The first kappa shape index (κ1) is 10.3. The molecule has 0 aromatic heterocycles. The lowest BCUT2D eigenvalue weighted by molar-refractivity contribution is 0.217. The van der Waals surface area contributed by atoms with Gasteiger partial charge in [0.05, 0.1) is 6.61 Å². The minimum atomic E-state index is -0.372. The van der Waals surface area contributed by atoms with E-state index in [2.05, 4.69) is 0 Å². The van der Waals surface area contributed by atoms with E-state index in [0.717, 1.165) is 12.3 Å². The lowest BCUT2D eigenvalue weighted by atomic mass is 9.83. The molecule has 2 rings (SSSR count). The molecular formula is C12H16FNO. The van der Waals surface area contributed by atoms with Crippen LogP contribution in [0.15, 0.2) is 18.2 Å². The number of rotatable bonds is 4. The van der Waals surface area contributed by atoms with Crippen LogP contribution in [0.2, 0.25) is 0 Å². The maximum Gasteiger partial charge on any atom is 0.167 e. The van der Waals surface area contributed by atoms with Crippen molar-refractivity contribution in [2.45, 2.75) is 25.7 Å². The highest BCUT2D eigenvalue weighted by Crippen LogP contribution is 2.29. The monoisotopic (exact) mass is 209 g/mol. The lowest BCUT2D eigenvalue weighted by Gasteiger charge is -2.25. The lowest BCUT2D eigenvalue weighted by Crippen LogP contribution is -2.14. The van der Waals surface area contributed by atoms with Crippen LogP contribution < -0.4 is 10.5 Å². The predicted molar refractivity (Wildman–Crippen MR) is 58.3 cm³/mol. The molecule has 1 aromatic rings. The van der Waals surface area contributed by atoms with Gasteiger partial charge in [0.15, 0.2) is 11.6 Å². The Hall–Kier alpha value is -1.25. The molecular weight excluding hydrogens is 193 g/mol. The van der Waals surface area contributed by atoms with Gasteiger partial charge in [0.2, 0.25) is 0 Å². The average molecular weight is 209 g/mol. The fourth-order valence-electron chi connectivity index (χ4n) is 1.75. The molecule has 1 saturated carbocycles. The fraction of sp³-hybridized carbons (Fsp3) is 0.500. The molecule has 0 spiro atoms. The van der Waals surface area contributed by atoms with Crippen LogP contribution in [-0.4, -0.2) is 6.61 Å². The van der Waals surface area contributed by atoms with Crippen LogP contribution in [0.4, 0.5) is 10.1 Å². The second-order valence-electron chi connectivity index (χ2n) is 4.12. The number of nitrogen functional groups attached to an aromatic ring is 1. The zero-order chi connectivity index (χ0) is 10.7. The molecule has 0 saturated heterocycles. The van der Waals surface area contributed by atoms with Gasteiger partial charge in [-0.2, -0.15) is 0 Å². The summed E-state index contributed by atoms with van der Waals surface area (Å²) in [7, 11) is 0. The largest absolute Gasteiger partial charge is 0.491 e. The zero-order valence-corrected chi connectivity index (χ0v) is 8.71. The molecule has 0 atom stereocenters. The number of benzene rings is 1. The summed E-state index contributed by atoms with van der Waals surface area (Å²) in [6.45, 7) is 0.603. The molecule has 1 aliphatic carbocycles. The summed E-state index contributed by atoms with van der Waals surface area (Å²) in [6.07, 6.45) is 4.96. The summed E-state index contributed by atoms with van der Waals surface area (Å²) in [5, 5.41) is 0. The molecule has 15 heavy (non-hydrogen) atoms. The van der Waals surface area contributed by atoms with Crippen LogP contribution in [0.25, 0.3) is 0 Å². The van der Waals surface area contributed by atoms with Crippen molar-refractivity contribution in [1.82, 2.24) is 0 Å². The van der Waals surface area contributed by atoms with E-state index in [4.69, 9.17) is 10.5 Å². The van der Waals surface area contributed by atoms with Crippen molar-refractivity contribution < 1.29 is 9.13 Å². The quantitative estimate of drug-likeness (QED) is 0.774. The normalized spacial score (nSPS) is 16.1. The number of nitrogens with two attached hydrogens (primary N) is 1. The van der Waals surface area contributed by atoms with Crippen molar-refractivity contribution in [3.63, 3.8) is 0 Å². The van der Waals surface area contributed by atoms with Crippen molar-refractivity contribution >= 4 is 5.69 Å². The van der Waals surface area contributed by atoms with Gasteiger partial charge in [-0.05, 0) is 24.5 Å². The Morgan fingerprint density at radius 1 is 1.40 bits per heavy atom. The molecule has 3 heteroatoms. The van der Waals surface area contributed by atoms with E-state index in [1.807, 2.05) is 0 Å². The van der Waals surface area contributed by atoms with Gasteiger partial charge in [0.1, 0.15) is 0 Å². The van der Waals surface area contributed by atoms with Crippen LogP contribution in [0.1, 0.15) is 25.7 Å². The minimum absolute atomic E-state index is 0.309. The maximum atomic E-state index is 13.3. The topological polar surface area (TPSA) is 35.2 Å². The third-order valence-electron chi connectivity index (χ3n) is 2.96. The number of halogens is 1. The molecule has 0 bridgehead atoms. The summed E-state index contributed by atoms with van der Waals surface area (Å²) >= 11 is 0. The predicted octanol–water partition coefficient (Wildman–Crippen LogP) is 2.98. The molecule has 0 radical (unpaired) electrons. The highest BCUT2D eigenvalue weighted by Gasteiger charge is 2.17. The van der Waals surface area contributed by atoms with Gasteiger partial charge < -0.3 is 10.5 Å². The van der Waals surface area contributed by atoms with E-state index >= 15 is 0 Å². The molecule has 82 valence electrons. The third-order valence-corrected chi connectivity index (χ3v) is 2.96. The number of ether oxygens (including phenoxy) is 1. The first-order valence-corrected chi connectivity index (χ1v) is 5.43. The standard InChI is InChI=1S/C12H16FNO/c13-11-8-10(14)4-5-12(11)15-7-6-9-2-1-3-9/h4-5,8-9H,1-3,6-7,14H2. The van der Waals surface area contributed by atoms with E-state index in [9.17, 15) is 4.39 Å². The summed E-state index contributed by atoms with van der Waals surface area (Å²) in [6, 6.07) is 4.53. The van der Waals surface area contributed by atoms with E-state index in [1.165, 1.54) is 25.3 Å². The molecule has 1 aliphatic rings. The number of hydrogen-bond donors (Lipinski definition) is 1. The Labute approximate surface area is 89.2 Å². The smallest absolute Gasteiger partial charge is 0.167 e. The van der Waals surface area contributed by atoms with Gasteiger partial charge in [-0.1, -0.05) is 19.3 Å². The average Bonchev–Trinajstić information content (AvgIpc) is 2.12. The Kier molecular flexibility index (Phi) is 3.09. The minimum Gasteiger partial charge on any atom is -0.491 e. The summed E-state index contributed by atoms with van der Waals surface area (Å²) in [4.78, 5) is 0.